The van der Waals surface area contributed by atoms with E-state index in [4.69, 9.17) is 14.2 Å². The fourth-order valence-electron chi connectivity index (χ4n) is 4.03. The molecule has 7 nitrogen and oxygen atoms in total. The van der Waals surface area contributed by atoms with Gasteiger partial charge in [0.2, 0.25) is 0 Å². The molecule has 1 saturated carbocycles. The predicted octanol–water partition coefficient (Wildman–Crippen LogP) is 4.71. The lowest BCUT2D eigenvalue weighted by Crippen LogP contribution is -2.15. The number of carbonyl (C=O) groups is 2. The molecule has 0 unspecified atom stereocenters. The Balaban J connectivity index is 1.78. The molecule has 0 atom stereocenters. The Hall–Kier alpha value is -3.52. The minimum atomic E-state index is -0.776. The van der Waals surface area contributed by atoms with E-state index in [1.807, 2.05) is 6.07 Å². The number of rotatable bonds is 7. The molecule has 1 aliphatic carbocycles. The van der Waals surface area contributed by atoms with Gasteiger partial charge in [0.05, 0.1) is 32.6 Å². The summed E-state index contributed by atoms with van der Waals surface area (Å²) in [5.74, 6) is -2.02. The first-order valence-electron chi connectivity index (χ1n) is 10.8. The van der Waals surface area contributed by atoms with Crippen molar-refractivity contribution in [2.45, 2.75) is 38.4 Å². The summed E-state index contributed by atoms with van der Waals surface area (Å²) < 4.78 is 31.9. The minimum Gasteiger partial charge on any atom is -0.465 e. The standard InChI is InChI=1S/C25H25FN2O5/c1-31-24(29)21-22(27-28(23(21)25(30)32-2)18-8-4-3-5-9-18)16-12-13-17(20(26)14-16)15-33-19-10-6-7-11-19/h3-5,8-9,12-14,19H,6-7,10-11,15H2,1-2H3. The number of hydrogen-bond acceptors (Lipinski definition) is 6. The monoisotopic (exact) mass is 452 g/mol. The summed E-state index contributed by atoms with van der Waals surface area (Å²) >= 11 is 0. The van der Waals surface area contributed by atoms with Crippen molar-refractivity contribution in [2.24, 2.45) is 0 Å². The highest BCUT2D eigenvalue weighted by Crippen LogP contribution is 2.31. The molecular weight excluding hydrogens is 427 g/mol. The molecule has 0 aliphatic heterocycles. The highest BCUT2D eigenvalue weighted by atomic mass is 19.1. The average Bonchev–Trinajstić information content (AvgIpc) is 3.51. The molecule has 3 aromatic rings. The number of esters is 2. The Morgan fingerprint density at radius 2 is 1.73 bits per heavy atom. The third-order valence-electron chi connectivity index (χ3n) is 5.76. The highest BCUT2D eigenvalue weighted by Gasteiger charge is 2.31. The van der Waals surface area contributed by atoms with Crippen molar-refractivity contribution in [1.29, 1.82) is 0 Å². The number of ether oxygens (including phenoxy) is 3. The van der Waals surface area contributed by atoms with Gasteiger partial charge in [-0.25, -0.2) is 18.7 Å². The van der Waals surface area contributed by atoms with Gasteiger partial charge in [-0.1, -0.05) is 43.2 Å². The summed E-state index contributed by atoms with van der Waals surface area (Å²) in [4.78, 5) is 25.3. The van der Waals surface area contributed by atoms with Crippen molar-refractivity contribution in [3.63, 3.8) is 0 Å². The minimum absolute atomic E-state index is 0.0949. The first-order valence-corrected chi connectivity index (χ1v) is 10.8. The molecule has 0 radical (unpaired) electrons. The van der Waals surface area contributed by atoms with Crippen LogP contribution in [0.3, 0.4) is 0 Å². The lowest BCUT2D eigenvalue weighted by molar-refractivity contribution is 0.0441. The number of nitrogens with zero attached hydrogens (tertiary/aromatic N) is 2. The van der Waals surface area contributed by atoms with Crippen LogP contribution in [0.4, 0.5) is 4.39 Å². The molecule has 8 heteroatoms. The van der Waals surface area contributed by atoms with E-state index in [0.717, 1.165) is 25.7 Å². The number of methoxy groups -OCH3 is 2. The van der Waals surface area contributed by atoms with Crippen LogP contribution in [0.15, 0.2) is 48.5 Å². The Labute approximate surface area is 191 Å². The smallest absolute Gasteiger partial charge is 0.357 e. The number of benzene rings is 2. The van der Waals surface area contributed by atoms with Crippen LogP contribution >= 0.6 is 0 Å². The third-order valence-corrected chi connectivity index (χ3v) is 5.76. The molecule has 0 amide bonds. The van der Waals surface area contributed by atoms with Gasteiger partial charge in [-0.2, -0.15) is 5.10 Å². The van der Waals surface area contributed by atoms with Crippen molar-refractivity contribution >= 4 is 11.9 Å². The summed E-state index contributed by atoms with van der Waals surface area (Å²) in [6, 6.07) is 13.4. The maximum atomic E-state index is 15.0. The molecule has 0 bridgehead atoms. The predicted molar refractivity (Wildman–Crippen MR) is 119 cm³/mol. The summed E-state index contributed by atoms with van der Waals surface area (Å²) in [5.41, 5.74) is 1.21. The normalized spacial score (nSPS) is 13.8. The van der Waals surface area contributed by atoms with Gasteiger partial charge in [-0.15, -0.1) is 0 Å². The zero-order valence-electron chi connectivity index (χ0n) is 18.5. The maximum absolute atomic E-state index is 15.0. The van der Waals surface area contributed by atoms with Crippen molar-refractivity contribution < 1.29 is 28.2 Å². The fraction of sp³-hybridized carbons (Fsp3) is 0.320. The Bertz CT molecular complexity index is 1150. The van der Waals surface area contributed by atoms with E-state index in [0.29, 0.717) is 16.8 Å². The molecule has 2 aromatic carbocycles. The fourth-order valence-corrected chi connectivity index (χ4v) is 4.03. The van der Waals surface area contributed by atoms with E-state index in [2.05, 4.69) is 5.10 Å². The second-order valence-electron chi connectivity index (χ2n) is 7.83. The number of aromatic nitrogens is 2. The largest absolute Gasteiger partial charge is 0.465 e. The van der Waals surface area contributed by atoms with Crippen LogP contribution in [0.25, 0.3) is 16.9 Å². The van der Waals surface area contributed by atoms with Crippen LogP contribution in [-0.4, -0.2) is 42.0 Å². The van der Waals surface area contributed by atoms with Crippen molar-refractivity contribution in [3.8, 4) is 16.9 Å². The van der Waals surface area contributed by atoms with E-state index < -0.39 is 17.8 Å². The van der Waals surface area contributed by atoms with Crippen LogP contribution < -0.4 is 0 Å². The van der Waals surface area contributed by atoms with Gasteiger partial charge < -0.3 is 14.2 Å². The van der Waals surface area contributed by atoms with Gasteiger partial charge in [-0.05, 0) is 31.0 Å². The molecule has 0 spiro atoms. The zero-order chi connectivity index (χ0) is 23.4. The third kappa shape index (κ3) is 4.66. The van der Waals surface area contributed by atoms with Gasteiger partial charge in [-0.3, -0.25) is 0 Å². The van der Waals surface area contributed by atoms with Crippen molar-refractivity contribution in [3.05, 3.63) is 71.2 Å². The van der Waals surface area contributed by atoms with Crippen LogP contribution in [0.2, 0.25) is 0 Å². The second kappa shape index (κ2) is 9.95. The van der Waals surface area contributed by atoms with E-state index in [1.54, 1.807) is 36.4 Å². The average molecular weight is 452 g/mol. The molecule has 1 fully saturated rings. The first kappa shape index (κ1) is 22.7. The van der Waals surface area contributed by atoms with E-state index in [-0.39, 0.29) is 29.7 Å². The lowest BCUT2D eigenvalue weighted by atomic mass is 10.0. The van der Waals surface area contributed by atoms with E-state index in [9.17, 15) is 14.0 Å². The number of carbonyl (C=O) groups excluding carboxylic acids is 2. The van der Waals surface area contributed by atoms with Gasteiger partial charge in [0.15, 0.2) is 5.69 Å². The zero-order valence-corrected chi connectivity index (χ0v) is 18.5. The molecule has 4 rings (SSSR count). The maximum Gasteiger partial charge on any atom is 0.357 e. The van der Waals surface area contributed by atoms with Crippen LogP contribution in [0.1, 0.15) is 52.1 Å². The van der Waals surface area contributed by atoms with Crippen molar-refractivity contribution in [2.75, 3.05) is 14.2 Å². The Morgan fingerprint density at radius 3 is 2.36 bits per heavy atom. The van der Waals surface area contributed by atoms with E-state index >= 15 is 0 Å². The van der Waals surface area contributed by atoms with Crippen LogP contribution in [0.5, 0.6) is 0 Å². The van der Waals surface area contributed by atoms with Crippen molar-refractivity contribution in [1.82, 2.24) is 9.78 Å². The Morgan fingerprint density at radius 1 is 1.03 bits per heavy atom. The van der Waals surface area contributed by atoms with Gasteiger partial charge in [0.25, 0.3) is 0 Å². The SMILES string of the molecule is COC(=O)c1c(-c2ccc(COC3CCCC3)c(F)c2)nn(-c2ccccc2)c1C(=O)OC. The molecule has 1 aromatic heterocycles. The molecular formula is C25H25FN2O5. The Kier molecular flexibility index (Phi) is 6.84. The molecule has 1 heterocycles. The molecule has 172 valence electrons. The van der Waals surface area contributed by atoms with Gasteiger partial charge >= 0.3 is 11.9 Å². The number of para-hydroxylation sites is 1. The lowest BCUT2D eigenvalue weighted by Gasteiger charge is -2.12. The summed E-state index contributed by atoms with van der Waals surface area (Å²) in [6.07, 6.45) is 4.42. The highest BCUT2D eigenvalue weighted by molar-refractivity contribution is 6.06. The van der Waals surface area contributed by atoms with Gasteiger partial charge in [0, 0.05) is 11.1 Å². The topological polar surface area (TPSA) is 79.7 Å². The molecule has 33 heavy (non-hydrogen) atoms. The summed E-state index contributed by atoms with van der Waals surface area (Å²) in [5, 5.41) is 4.49. The number of hydrogen-bond donors (Lipinski definition) is 0. The van der Waals surface area contributed by atoms with Crippen LogP contribution in [-0.2, 0) is 20.8 Å². The molecule has 1 aliphatic rings. The quantitative estimate of drug-likeness (QED) is 0.483. The summed E-state index contributed by atoms with van der Waals surface area (Å²) in [6.45, 7) is 0.173. The summed E-state index contributed by atoms with van der Waals surface area (Å²) in [7, 11) is 2.42. The molecule has 0 N–H and O–H groups in total. The first-order chi connectivity index (χ1) is 16.0. The molecule has 0 saturated heterocycles. The van der Waals surface area contributed by atoms with Gasteiger partial charge in [0.1, 0.15) is 17.1 Å². The second-order valence-corrected chi connectivity index (χ2v) is 7.83. The van der Waals surface area contributed by atoms with Crippen LogP contribution in [0, 0.1) is 5.82 Å². The number of halogens is 1. The van der Waals surface area contributed by atoms with E-state index in [1.165, 1.54) is 25.0 Å².